The van der Waals surface area contributed by atoms with Crippen LogP contribution in [0.3, 0.4) is 0 Å². The number of benzene rings is 1. The summed E-state index contributed by atoms with van der Waals surface area (Å²) in [7, 11) is 1.80. The molecule has 1 fully saturated rings. The van der Waals surface area contributed by atoms with Crippen molar-refractivity contribution in [1.29, 1.82) is 0 Å². The number of rotatable bonds is 7. The van der Waals surface area contributed by atoms with E-state index in [0.29, 0.717) is 18.5 Å². The molecule has 0 amide bonds. The van der Waals surface area contributed by atoms with Crippen molar-refractivity contribution in [3.63, 3.8) is 0 Å². The van der Waals surface area contributed by atoms with Gasteiger partial charge in [0.05, 0.1) is 12.7 Å². The Morgan fingerprint density at radius 3 is 2.68 bits per heavy atom. The van der Waals surface area contributed by atoms with Crippen LogP contribution >= 0.6 is 0 Å². The molecule has 1 aliphatic rings. The minimum absolute atomic E-state index is 0.469. The van der Waals surface area contributed by atoms with E-state index >= 15 is 0 Å². The van der Waals surface area contributed by atoms with Crippen LogP contribution in [0.25, 0.3) is 11.3 Å². The summed E-state index contributed by atoms with van der Waals surface area (Å²) in [5.41, 5.74) is 2.28. The van der Waals surface area contributed by atoms with E-state index in [1.165, 1.54) is 24.9 Å². The van der Waals surface area contributed by atoms with E-state index in [1.54, 1.807) is 13.2 Å². The summed E-state index contributed by atoms with van der Waals surface area (Å²) < 4.78 is 5.88. The van der Waals surface area contributed by atoms with Gasteiger partial charge in [0.1, 0.15) is 0 Å². The lowest BCUT2D eigenvalue weighted by Crippen LogP contribution is -2.48. The van der Waals surface area contributed by atoms with Gasteiger partial charge in [-0.05, 0) is 32.7 Å². The molecule has 1 saturated heterocycles. The first-order valence-corrected chi connectivity index (χ1v) is 10.4. The molecule has 0 saturated carbocycles. The van der Waals surface area contributed by atoms with Crippen LogP contribution < -0.4 is 10.6 Å². The summed E-state index contributed by atoms with van der Waals surface area (Å²) in [6, 6.07) is 8.74. The highest BCUT2D eigenvalue weighted by Gasteiger charge is 2.19. The smallest absolute Gasteiger partial charge is 0.214 e. The van der Waals surface area contributed by atoms with E-state index in [9.17, 15) is 0 Å². The van der Waals surface area contributed by atoms with Gasteiger partial charge in [-0.1, -0.05) is 43.2 Å². The number of likely N-dealkylation sites (tertiary alicyclic amines) is 1. The van der Waals surface area contributed by atoms with Gasteiger partial charge in [0.15, 0.2) is 11.7 Å². The molecule has 0 spiro atoms. The molecule has 0 atom stereocenters. The molecule has 1 aromatic heterocycles. The zero-order valence-electron chi connectivity index (χ0n) is 17.4. The Hall–Kier alpha value is -2.34. The lowest BCUT2D eigenvalue weighted by molar-refractivity contribution is 0.203. The summed E-state index contributed by atoms with van der Waals surface area (Å²) in [5, 5.41) is 6.86. The topological polar surface area (TPSA) is 65.7 Å². The van der Waals surface area contributed by atoms with E-state index in [1.807, 2.05) is 0 Å². The van der Waals surface area contributed by atoms with Crippen molar-refractivity contribution in [1.82, 2.24) is 20.5 Å². The zero-order valence-corrected chi connectivity index (χ0v) is 17.4. The van der Waals surface area contributed by atoms with Crippen molar-refractivity contribution in [2.24, 2.45) is 4.99 Å². The molecule has 1 aromatic carbocycles. The quantitative estimate of drug-likeness (QED) is 0.565. The van der Waals surface area contributed by atoms with Gasteiger partial charge in [0, 0.05) is 31.7 Å². The molecule has 2 aromatic rings. The van der Waals surface area contributed by atoms with Crippen LogP contribution in [0.15, 0.2) is 39.9 Å². The molecule has 6 nitrogen and oxygen atoms in total. The molecule has 28 heavy (non-hydrogen) atoms. The van der Waals surface area contributed by atoms with Crippen LogP contribution in [-0.4, -0.2) is 48.6 Å². The van der Waals surface area contributed by atoms with Crippen LogP contribution in [0.5, 0.6) is 0 Å². The van der Waals surface area contributed by atoms with E-state index in [0.717, 1.165) is 43.2 Å². The molecular weight excluding hydrogens is 350 g/mol. The van der Waals surface area contributed by atoms with Crippen LogP contribution in [0, 0.1) is 6.92 Å². The van der Waals surface area contributed by atoms with Gasteiger partial charge in [-0.25, -0.2) is 4.98 Å². The third-order valence-electron chi connectivity index (χ3n) is 5.28. The number of piperidine rings is 1. The molecule has 152 valence electrons. The van der Waals surface area contributed by atoms with E-state index < -0.39 is 0 Å². The Bertz CT molecular complexity index is 745. The summed E-state index contributed by atoms with van der Waals surface area (Å²) in [5.74, 6) is 2.26. The molecule has 0 aliphatic carbocycles. The number of oxazole rings is 1. The first-order chi connectivity index (χ1) is 13.7. The standard InChI is InChI=1S/C22H33N5O/c1-4-5-12-27-13-10-19(11-14-27)26-22(23-3)25-16-21-24-15-20(28-21)18-8-6-17(2)7-9-18/h6-9,15,19H,4-5,10-14,16H2,1-3H3,(H2,23,25,26). The fraction of sp³-hybridized carbons (Fsp3) is 0.545. The van der Waals surface area contributed by atoms with Gasteiger partial charge < -0.3 is 20.0 Å². The van der Waals surface area contributed by atoms with Crippen LogP contribution in [-0.2, 0) is 6.54 Å². The van der Waals surface area contributed by atoms with Crippen LogP contribution in [0.2, 0.25) is 0 Å². The number of hydrogen-bond donors (Lipinski definition) is 2. The van der Waals surface area contributed by atoms with Gasteiger partial charge >= 0.3 is 0 Å². The molecule has 0 radical (unpaired) electrons. The van der Waals surface area contributed by atoms with Crippen molar-refractivity contribution in [3.05, 3.63) is 41.9 Å². The van der Waals surface area contributed by atoms with Crippen LogP contribution in [0.1, 0.15) is 44.1 Å². The lowest BCUT2D eigenvalue weighted by Gasteiger charge is -2.33. The average Bonchev–Trinajstić information content (AvgIpc) is 3.20. The molecule has 2 heterocycles. The zero-order chi connectivity index (χ0) is 19.8. The summed E-state index contributed by atoms with van der Waals surface area (Å²) in [6.07, 6.45) is 6.65. The van der Waals surface area contributed by atoms with Crippen molar-refractivity contribution in [3.8, 4) is 11.3 Å². The number of aryl methyl sites for hydroxylation is 1. The van der Waals surface area contributed by atoms with Gasteiger partial charge in [0.25, 0.3) is 0 Å². The number of guanidine groups is 1. The Balaban J connectivity index is 1.45. The number of nitrogens with one attached hydrogen (secondary N) is 2. The number of unbranched alkanes of at least 4 members (excludes halogenated alkanes) is 1. The maximum atomic E-state index is 5.88. The Kier molecular flexibility index (Phi) is 7.48. The number of nitrogens with zero attached hydrogens (tertiary/aromatic N) is 3. The highest BCUT2D eigenvalue weighted by atomic mass is 16.4. The molecule has 3 rings (SSSR count). The number of hydrogen-bond acceptors (Lipinski definition) is 4. The lowest BCUT2D eigenvalue weighted by atomic mass is 10.0. The van der Waals surface area contributed by atoms with E-state index in [4.69, 9.17) is 4.42 Å². The fourth-order valence-corrected chi connectivity index (χ4v) is 3.47. The van der Waals surface area contributed by atoms with E-state index in [2.05, 4.69) is 63.6 Å². The second-order valence-corrected chi connectivity index (χ2v) is 7.52. The van der Waals surface area contributed by atoms with Crippen LogP contribution in [0.4, 0.5) is 0 Å². The maximum Gasteiger partial charge on any atom is 0.214 e. The Morgan fingerprint density at radius 2 is 2.00 bits per heavy atom. The molecule has 6 heteroatoms. The SMILES string of the molecule is CCCCN1CCC(NC(=NC)NCc2ncc(-c3ccc(C)cc3)o2)CC1. The molecule has 2 N–H and O–H groups in total. The predicted octanol–water partition coefficient (Wildman–Crippen LogP) is 3.58. The minimum Gasteiger partial charge on any atom is -0.439 e. The highest BCUT2D eigenvalue weighted by Crippen LogP contribution is 2.20. The average molecular weight is 384 g/mol. The summed E-state index contributed by atoms with van der Waals surface area (Å²) in [6.45, 7) is 8.39. The first kappa shape index (κ1) is 20.4. The normalized spacial score (nSPS) is 16.3. The van der Waals surface area contributed by atoms with Crippen molar-refractivity contribution >= 4 is 5.96 Å². The highest BCUT2D eigenvalue weighted by molar-refractivity contribution is 5.79. The predicted molar refractivity (Wildman–Crippen MR) is 114 cm³/mol. The fourth-order valence-electron chi connectivity index (χ4n) is 3.47. The second kappa shape index (κ2) is 10.3. The Labute approximate surface area is 168 Å². The maximum absolute atomic E-state index is 5.88. The van der Waals surface area contributed by atoms with Crippen molar-refractivity contribution in [2.75, 3.05) is 26.7 Å². The number of aromatic nitrogens is 1. The largest absolute Gasteiger partial charge is 0.439 e. The van der Waals surface area contributed by atoms with Crippen molar-refractivity contribution in [2.45, 2.75) is 52.1 Å². The monoisotopic (exact) mass is 383 g/mol. The third-order valence-corrected chi connectivity index (χ3v) is 5.28. The third kappa shape index (κ3) is 5.83. The van der Waals surface area contributed by atoms with Gasteiger partial charge in [-0.3, -0.25) is 4.99 Å². The summed E-state index contributed by atoms with van der Waals surface area (Å²) >= 11 is 0. The second-order valence-electron chi connectivity index (χ2n) is 7.52. The Morgan fingerprint density at radius 1 is 1.25 bits per heavy atom. The van der Waals surface area contributed by atoms with E-state index in [-0.39, 0.29) is 0 Å². The number of aliphatic imine (C=N–C) groups is 1. The minimum atomic E-state index is 0.469. The van der Waals surface area contributed by atoms with Crippen molar-refractivity contribution < 1.29 is 4.42 Å². The van der Waals surface area contributed by atoms with Gasteiger partial charge in [-0.2, -0.15) is 0 Å². The molecule has 1 aliphatic heterocycles. The molecule has 0 bridgehead atoms. The summed E-state index contributed by atoms with van der Waals surface area (Å²) in [4.78, 5) is 11.3. The van der Waals surface area contributed by atoms with Gasteiger partial charge in [0.2, 0.25) is 5.89 Å². The van der Waals surface area contributed by atoms with Gasteiger partial charge in [-0.15, -0.1) is 0 Å². The molecule has 0 unspecified atom stereocenters. The first-order valence-electron chi connectivity index (χ1n) is 10.4. The molecular formula is C22H33N5O.